The van der Waals surface area contributed by atoms with Crippen LogP contribution in [0.25, 0.3) is 0 Å². The number of halogens is 2. The molecule has 1 N–H and O–H groups in total. The summed E-state index contributed by atoms with van der Waals surface area (Å²) in [4.78, 5) is 25.9. The molecule has 0 saturated heterocycles. The molecule has 0 fully saturated rings. The quantitative estimate of drug-likeness (QED) is 0.793. The van der Waals surface area contributed by atoms with Crippen molar-refractivity contribution in [3.8, 4) is 5.75 Å². The Bertz CT molecular complexity index is 873. The minimum absolute atomic E-state index is 0.0442. The van der Waals surface area contributed by atoms with Crippen LogP contribution in [0.5, 0.6) is 5.75 Å². The third-order valence-corrected chi connectivity index (χ3v) is 4.61. The molecule has 1 aliphatic rings. The Morgan fingerprint density at radius 1 is 1.15 bits per heavy atom. The third-order valence-electron chi connectivity index (χ3n) is 4.08. The molecule has 1 aliphatic heterocycles. The van der Waals surface area contributed by atoms with Crippen LogP contribution in [-0.4, -0.2) is 38.7 Å². The van der Waals surface area contributed by atoms with Crippen molar-refractivity contribution in [1.82, 2.24) is 0 Å². The first kappa shape index (κ1) is 19.5. The van der Waals surface area contributed by atoms with E-state index < -0.39 is 0 Å². The van der Waals surface area contributed by atoms with Gasteiger partial charge in [0.25, 0.3) is 11.8 Å². The van der Waals surface area contributed by atoms with Crippen molar-refractivity contribution in [2.24, 2.45) is 0 Å². The van der Waals surface area contributed by atoms with Crippen LogP contribution < -0.4 is 15.0 Å². The lowest BCUT2D eigenvalue weighted by atomic mass is 10.1. The van der Waals surface area contributed by atoms with Gasteiger partial charge in [-0.15, -0.1) is 0 Å². The number of amides is 2. The Balaban J connectivity index is 1.60. The molecule has 3 rings (SSSR count). The molecule has 142 valence electrons. The summed E-state index contributed by atoms with van der Waals surface area (Å²) in [6.07, 6.45) is 0.728. The summed E-state index contributed by atoms with van der Waals surface area (Å²) in [6, 6.07) is 10.2. The van der Waals surface area contributed by atoms with Crippen molar-refractivity contribution < 1.29 is 19.1 Å². The summed E-state index contributed by atoms with van der Waals surface area (Å²) in [5.41, 5.74) is 2.49. The van der Waals surface area contributed by atoms with E-state index in [4.69, 9.17) is 32.7 Å². The smallest absolute Gasteiger partial charge is 0.262 e. The molecule has 0 atom stereocenters. The van der Waals surface area contributed by atoms with E-state index in [-0.39, 0.29) is 25.0 Å². The summed E-state index contributed by atoms with van der Waals surface area (Å²) in [7, 11) is 1.49. The van der Waals surface area contributed by atoms with E-state index in [1.165, 1.54) is 7.11 Å². The molecule has 0 unspecified atom stereocenters. The number of anilines is 2. The molecule has 27 heavy (non-hydrogen) atoms. The summed E-state index contributed by atoms with van der Waals surface area (Å²) in [6.45, 7) is 0.465. The average Bonchev–Trinajstić information content (AvgIpc) is 3.04. The fourth-order valence-electron chi connectivity index (χ4n) is 2.87. The van der Waals surface area contributed by atoms with Gasteiger partial charge in [0.05, 0.1) is 5.02 Å². The van der Waals surface area contributed by atoms with Crippen LogP contribution >= 0.6 is 23.2 Å². The topological polar surface area (TPSA) is 67.9 Å². The SMILES string of the molecule is COCC(=O)N1CCc2cc(NC(=O)COc3ccc(Cl)cc3Cl)ccc21. The number of methoxy groups -OCH3 is 1. The first-order valence-corrected chi connectivity index (χ1v) is 9.03. The lowest BCUT2D eigenvalue weighted by Crippen LogP contribution is -2.31. The zero-order valence-corrected chi connectivity index (χ0v) is 16.1. The average molecular weight is 409 g/mol. The lowest BCUT2D eigenvalue weighted by molar-refractivity contribution is -0.122. The molecule has 1 heterocycles. The number of rotatable bonds is 6. The normalized spacial score (nSPS) is 12.6. The number of hydrogen-bond donors (Lipinski definition) is 1. The number of ether oxygens (including phenoxy) is 2. The van der Waals surface area contributed by atoms with Crippen molar-refractivity contribution in [2.45, 2.75) is 6.42 Å². The number of fused-ring (bicyclic) bond motifs is 1. The number of nitrogens with one attached hydrogen (secondary N) is 1. The van der Waals surface area contributed by atoms with E-state index >= 15 is 0 Å². The van der Waals surface area contributed by atoms with Gasteiger partial charge in [-0.3, -0.25) is 9.59 Å². The lowest BCUT2D eigenvalue weighted by Gasteiger charge is -2.17. The van der Waals surface area contributed by atoms with Crippen molar-refractivity contribution in [2.75, 3.05) is 37.1 Å². The van der Waals surface area contributed by atoms with Gasteiger partial charge in [0.15, 0.2) is 6.61 Å². The Morgan fingerprint density at radius 3 is 2.70 bits per heavy atom. The molecule has 2 aromatic carbocycles. The van der Waals surface area contributed by atoms with Crippen LogP contribution in [0.2, 0.25) is 10.0 Å². The van der Waals surface area contributed by atoms with Gasteiger partial charge in [0, 0.05) is 30.1 Å². The van der Waals surface area contributed by atoms with Gasteiger partial charge in [0.2, 0.25) is 0 Å². The van der Waals surface area contributed by atoms with Crippen molar-refractivity contribution in [3.05, 3.63) is 52.0 Å². The standard InChI is InChI=1S/C19H18Cl2N2O4/c1-26-11-19(25)23-7-6-12-8-14(3-4-16(12)23)22-18(24)10-27-17-5-2-13(20)9-15(17)21/h2-5,8-9H,6-7,10-11H2,1H3,(H,22,24). The highest BCUT2D eigenvalue weighted by Crippen LogP contribution is 2.31. The summed E-state index contributed by atoms with van der Waals surface area (Å²) >= 11 is 11.8. The van der Waals surface area contributed by atoms with E-state index in [2.05, 4.69) is 5.32 Å². The number of carbonyl (C=O) groups is 2. The van der Waals surface area contributed by atoms with E-state index in [9.17, 15) is 9.59 Å². The second kappa shape index (κ2) is 8.61. The van der Waals surface area contributed by atoms with Crippen LogP contribution in [0.4, 0.5) is 11.4 Å². The van der Waals surface area contributed by atoms with Crippen LogP contribution in [-0.2, 0) is 20.7 Å². The van der Waals surface area contributed by atoms with E-state index in [0.717, 1.165) is 17.7 Å². The van der Waals surface area contributed by atoms with Crippen LogP contribution in [0.3, 0.4) is 0 Å². The van der Waals surface area contributed by atoms with E-state index in [1.807, 2.05) is 12.1 Å². The highest BCUT2D eigenvalue weighted by Gasteiger charge is 2.24. The predicted molar refractivity (Wildman–Crippen MR) is 105 cm³/mol. The number of carbonyl (C=O) groups excluding carboxylic acids is 2. The van der Waals surface area contributed by atoms with Gasteiger partial charge < -0.3 is 19.7 Å². The number of nitrogens with zero attached hydrogens (tertiary/aromatic N) is 1. The van der Waals surface area contributed by atoms with Gasteiger partial charge in [0.1, 0.15) is 12.4 Å². The van der Waals surface area contributed by atoms with Crippen molar-refractivity contribution in [1.29, 1.82) is 0 Å². The molecule has 8 heteroatoms. The van der Waals surface area contributed by atoms with Crippen LogP contribution in [0.1, 0.15) is 5.56 Å². The van der Waals surface area contributed by atoms with Gasteiger partial charge in [-0.2, -0.15) is 0 Å². The Hall–Kier alpha value is -2.28. The van der Waals surface area contributed by atoms with Crippen LogP contribution in [0.15, 0.2) is 36.4 Å². The van der Waals surface area contributed by atoms with E-state index in [1.54, 1.807) is 29.2 Å². The Morgan fingerprint density at radius 2 is 1.96 bits per heavy atom. The maximum absolute atomic E-state index is 12.1. The van der Waals surface area contributed by atoms with Gasteiger partial charge in [-0.1, -0.05) is 23.2 Å². The van der Waals surface area contributed by atoms with Gasteiger partial charge in [-0.25, -0.2) is 0 Å². The number of benzene rings is 2. The second-order valence-electron chi connectivity index (χ2n) is 5.98. The zero-order chi connectivity index (χ0) is 19.4. The Labute approximate surface area is 167 Å². The van der Waals surface area contributed by atoms with Gasteiger partial charge >= 0.3 is 0 Å². The monoisotopic (exact) mass is 408 g/mol. The molecule has 6 nitrogen and oxygen atoms in total. The first-order valence-electron chi connectivity index (χ1n) is 8.28. The largest absolute Gasteiger partial charge is 0.482 e. The fraction of sp³-hybridized carbons (Fsp3) is 0.263. The van der Waals surface area contributed by atoms with Gasteiger partial charge in [-0.05, 0) is 48.4 Å². The minimum Gasteiger partial charge on any atom is -0.482 e. The molecule has 2 amide bonds. The molecule has 0 radical (unpaired) electrons. The predicted octanol–water partition coefficient (Wildman–Crippen LogP) is 3.55. The molecular weight excluding hydrogens is 391 g/mol. The molecule has 0 aromatic heterocycles. The zero-order valence-electron chi connectivity index (χ0n) is 14.6. The van der Waals surface area contributed by atoms with E-state index in [0.29, 0.717) is 28.0 Å². The molecule has 2 aromatic rings. The second-order valence-corrected chi connectivity index (χ2v) is 6.83. The molecule has 0 saturated carbocycles. The first-order chi connectivity index (χ1) is 13.0. The highest BCUT2D eigenvalue weighted by atomic mass is 35.5. The fourth-order valence-corrected chi connectivity index (χ4v) is 3.34. The van der Waals surface area contributed by atoms with Crippen molar-refractivity contribution in [3.63, 3.8) is 0 Å². The molecular formula is C19H18Cl2N2O4. The minimum atomic E-state index is -0.314. The molecule has 0 bridgehead atoms. The molecule has 0 spiro atoms. The maximum atomic E-state index is 12.1. The summed E-state index contributed by atoms with van der Waals surface area (Å²) in [5, 5.41) is 3.62. The third kappa shape index (κ3) is 4.71. The van der Waals surface area contributed by atoms with Crippen LogP contribution in [0, 0.1) is 0 Å². The van der Waals surface area contributed by atoms with Crippen molar-refractivity contribution >= 4 is 46.4 Å². The maximum Gasteiger partial charge on any atom is 0.262 e. The number of hydrogen-bond acceptors (Lipinski definition) is 4. The summed E-state index contributed by atoms with van der Waals surface area (Å²) in [5.74, 6) is -0.00924. The highest BCUT2D eigenvalue weighted by molar-refractivity contribution is 6.35. The Kier molecular flexibility index (Phi) is 6.21. The summed E-state index contributed by atoms with van der Waals surface area (Å²) < 4.78 is 10.3. The molecule has 0 aliphatic carbocycles.